The maximum Gasteiger partial charge on any atom is 0.244 e. The highest BCUT2D eigenvalue weighted by molar-refractivity contribution is 7.10. The Hall–Kier alpha value is -1.60. The molecule has 0 bridgehead atoms. The van der Waals surface area contributed by atoms with Crippen LogP contribution in [0.4, 0.5) is 0 Å². The number of carbonyl (C=O) groups is 1. The van der Waals surface area contributed by atoms with Crippen molar-refractivity contribution in [2.45, 2.75) is 59.7 Å². The highest BCUT2D eigenvalue weighted by atomic mass is 32.1. The minimum absolute atomic E-state index is 0.0926. The second kappa shape index (κ2) is 10.7. The fourth-order valence-electron chi connectivity index (χ4n) is 3.47. The summed E-state index contributed by atoms with van der Waals surface area (Å²) in [5.41, 5.74) is 1.29. The highest BCUT2D eigenvalue weighted by Crippen LogP contribution is 2.23. The molecule has 0 fully saturated rings. The van der Waals surface area contributed by atoms with Crippen molar-refractivity contribution in [1.82, 2.24) is 20.4 Å². The van der Waals surface area contributed by atoms with Crippen molar-refractivity contribution >= 4 is 23.2 Å². The molecule has 0 unspecified atom stereocenters. The van der Waals surface area contributed by atoms with Crippen molar-refractivity contribution in [3.05, 3.63) is 21.9 Å². The van der Waals surface area contributed by atoms with Crippen LogP contribution >= 0.6 is 11.3 Å². The maximum absolute atomic E-state index is 12.6. The van der Waals surface area contributed by atoms with Crippen molar-refractivity contribution in [1.29, 1.82) is 0 Å². The first-order chi connectivity index (χ1) is 12.9. The number of nitrogens with zero attached hydrogens (tertiary/aromatic N) is 3. The number of carbonyl (C=O) groups excluding carboxylic acids is 1. The Balaban J connectivity index is 1.84. The monoisotopic (exact) mass is 393 g/mol. The average Bonchev–Trinajstić information content (AvgIpc) is 3.09. The molecule has 1 amide bonds. The van der Waals surface area contributed by atoms with Gasteiger partial charge >= 0.3 is 0 Å². The molecule has 1 aliphatic heterocycles. The van der Waals surface area contributed by atoms with Gasteiger partial charge in [0.15, 0.2) is 5.96 Å². The summed E-state index contributed by atoms with van der Waals surface area (Å²) >= 11 is 1.79. The van der Waals surface area contributed by atoms with Gasteiger partial charge in [-0.25, -0.2) is 4.99 Å². The molecule has 0 atom stereocenters. The number of hydrogen-bond acceptors (Lipinski definition) is 4. The van der Waals surface area contributed by atoms with E-state index in [2.05, 4.69) is 59.7 Å². The molecular weight excluding hydrogens is 358 g/mol. The Morgan fingerprint density at radius 2 is 2.04 bits per heavy atom. The molecule has 1 aromatic rings. The third-order valence-corrected chi connectivity index (χ3v) is 5.89. The lowest BCUT2D eigenvalue weighted by molar-refractivity contribution is -0.130. The van der Waals surface area contributed by atoms with Crippen LogP contribution in [0.15, 0.2) is 16.4 Å². The molecule has 6 nitrogen and oxygen atoms in total. The standard InChI is InChI=1S/C20H35N5OS/c1-6-21-20(22-9-11-25(15(2)3)16(4)5)23-13-19(26)24-10-7-18-17(14-24)8-12-27-18/h8,12,15-16H,6-7,9-11,13-14H2,1-5H3,(H2,21,22,23). The van der Waals surface area contributed by atoms with Gasteiger partial charge in [-0.15, -0.1) is 11.3 Å². The maximum atomic E-state index is 12.6. The summed E-state index contributed by atoms with van der Waals surface area (Å²) < 4.78 is 0. The van der Waals surface area contributed by atoms with Gasteiger partial charge in [-0.1, -0.05) is 0 Å². The molecule has 1 aliphatic rings. The summed E-state index contributed by atoms with van der Waals surface area (Å²) in [6, 6.07) is 3.15. The number of guanidine groups is 1. The number of hydrogen-bond donors (Lipinski definition) is 2. The molecule has 0 saturated carbocycles. The smallest absolute Gasteiger partial charge is 0.244 e. The normalized spacial score (nSPS) is 14.8. The summed E-state index contributed by atoms with van der Waals surface area (Å²) in [5.74, 6) is 0.807. The van der Waals surface area contributed by atoms with Gasteiger partial charge in [0.2, 0.25) is 5.91 Å². The van der Waals surface area contributed by atoms with Crippen LogP contribution in [0.3, 0.4) is 0 Å². The van der Waals surface area contributed by atoms with Gasteiger partial charge in [-0.05, 0) is 58.0 Å². The van der Waals surface area contributed by atoms with Crippen molar-refractivity contribution < 1.29 is 4.79 Å². The number of amides is 1. The lowest BCUT2D eigenvalue weighted by atomic mass is 10.1. The molecular formula is C20H35N5OS. The summed E-state index contributed by atoms with van der Waals surface area (Å²) in [7, 11) is 0. The molecule has 2 heterocycles. The Morgan fingerprint density at radius 3 is 2.70 bits per heavy atom. The van der Waals surface area contributed by atoms with Gasteiger partial charge < -0.3 is 15.5 Å². The number of aliphatic imine (C=N–C) groups is 1. The SMILES string of the molecule is CCNC(=NCC(=O)N1CCc2sccc2C1)NCCN(C(C)C)C(C)C. The second-order valence-electron chi connectivity index (χ2n) is 7.48. The van der Waals surface area contributed by atoms with Crippen LogP contribution in [0.1, 0.15) is 45.1 Å². The average molecular weight is 394 g/mol. The van der Waals surface area contributed by atoms with E-state index >= 15 is 0 Å². The van der Waals surface area contributed by atoms with Crippen molar-refractivity contribution in [3.63, 3.8) is 0 Å². The van der Waals surface area contributed by atoms with E-state index in [0.29, 0.717) is 18.0 Å². The van der Waals surface area contributed by atoms with Gasteiger partial charge in [-0.3, -0.25) is 9.69 Å². The summed E-state index contributed by atoms with van der Waals surface area (Å²) in [6.07, 6.45) is 0.959. The van der Waals surface area contributed by atoms with Crippen LogP contribution in [0, 0.1) is 0 Å². The van der Waals surface area contributed by atoms with Crippen LogP contribution in [0.5, 0.6) is 0 Å². The van der Waals surface area contributed by atoms with Crippen LogP contribution in [0.2, 0.25) is 0 Å². The zero-order chi connectivity index (χ0) is 19.8. The van der Waals surface area contributed by atoms with E-state index in [1.165, 1.54) is 10.4 Å². The fourth-order valence-corrected chi connectivity index (χ4v) is 4.36. The van der Waals surface area contributed by atoms with Crippen LogP contribution in [-0.2, 0) is 17.8 Å². The third kappa shape index (κ3) is 6.50. The molecule has 0 aliphatic carbocycles. The lowest BCUT2D eigenvalue weighted by Crippen LogP contribution is -2.45. The van der Waals surface area contributed by atoms with Gasteiger partial charge in [0, 0.05) is 49.7 Å². The molecule has 0 radical (unpaired) electrons. The first-order valence-corrected chi connectivity index (χ1v) is 10.9. The molecule has 2 N–H and O–H groups in total. The van der Waals surface area contributed by atoms with E-state index in [1.54, 1.807) is 11.3 Å². The molecule has 27 heavy (non-hydrogen) atoms. The summed E-state index contributed by atoms with van der Waals surface area (Å²) in [5, 5.41) is 8.71. The van der Waals surface area contributed by atoms with Gasteiger partial charge in [0.05, 0.1) is 0 Å². The third-order valence-electron chi connectivity index (χ3n) is 4.87. The quantitative estimate of drug-likeness (QED) is 0.526. The van der Waals surface area contributed by atoms with Crippen LogP contribution in [0.25, 0.3) is 0 Å². The molecule has 7 heteroatoms. The van der Waals surface area contributed by atoms with Crippen molar-refractivity contribution in [3.8, 4) is 0 Å². The van der Waals surface area contributed by atoms with E-state index in [9.17, 15) is 4.79 Å². The zero-order valence-electron chi connectivity index (χ0n) is 17.4. The second-order valence-corrected chi connectivity index (χ2v) is 8.48. The van der Waals surface area contributed by atoms with Crippen molar-refractivity contribution in [2.75, 3.05) is 32.7 Å². The predicted molar refractivity (Wildman–Crippen MR) is 114 cm³/mol. The lowest BCUT2D eigenvalue weighted by Gasteiger charge is -2.30. The van der Waals surface area contributed by atoms with E-state index in [0.717, 1.165) is 39.1 Å². The van der Waals surface area contributed by atoms with Crippen molar-refractivity contribution in [2.24, 2.45) is 4.99 Å². The minimum atomic E-state index is 0.0926. The predicted octanol–water partition coefficient (Wildman–Crippen LogP) is 2.31. The van der Waals surface area contributed by atoms with Gasteiger partial charge in [0.25, 0.3) is 0 Å². The number of nitrogens with one attached hydrogen (secondary N) is 2. The number of rotatable bonds is 8. The molecule has 0 saturated heterocycles. The molecule has 1 aromatic heterocycles. The van der Waals surface area contributed by atoms with E-state index < -0.39 is 0 Å². The Morgan fingerprint density at radius 1 is 1.30 bits per heavy atom. The first-order valence-electron chi connectivity index (χ1n) is 10.0. The number of fused-ring (bicyclic) bond motifs is 1. The summed E-state index contributed by atoms with van der Waals surface area (Å²) in [4.78, 5) is 22.8. The molecule has 0 aromatic carbocycles. The minimum Gasteiger partial charge on any atom is -0.357 e. The van der Waals surface area contributed by atoms with E-state index in [-0.39, 0.29) is 12.5 Å². The fraction of sp³-hybridized carbons (Fsp3) is 0.700. The zero-order valence-corrected chi connectivity index (χ0v) is 18.2. The molecule has 2 rings (SSSR count). The van der Waals surface area contributed by atoms with Gasteiger partial charge in [0.1, 0.15) is 6.54 Å². The topological polar surface area (TPSA) is 60.0 Å². The largest absolute Gasteiger partial charge is 0.357 e. The van der Waals surface area contributed by atoms with Gasteiger partial charge in [-0.2, -0.15) is 0 Å². The Labute approximate surface area is 168 Å². The van der Waals surface area contributed by atoms with E-state index in [1.807, 2.05) is 11.8 Å². The highest BCUT2D eigenvalue weighted by Gasteiger charge is 2.21. The summed E-state index contributed by atoms with van der Waals surface area (Å²) in [6.45, 7) is 15.1. The Kier molecular flexibility index (Phi) is 8.57. The van der Waals surface area contributed by atoms with Crippen LogP contribution in [-0.4, -0.2) is 66.5 Å². The Bertz CT molecular complexity index is 618. The van der Waals surface area contributed by atoms with E-state index in [4.69, 9.17) is 0 Å². The number of thiophene rings is 1. The molecule has 0 spiro atoms. The van der Waals surface area contributed by atoms with Crippen LogP contribution < -0.4 is 10.6 Å². The first kappa shape index (κ1) is 21.7. The molecule has 152 valence electrons.